The van der Waals surface area contributed by atoms with Crippen molar-refractivity contribution in [2.45, 2.75) is 71.3 Å². The van der Waals surface area contributed by atoms with E-state index < -0.39 is 5.60 Å². The van der Waals surface area contributed by atoms with Crippen LogP contribution in [0.1, 0.15) is 65.7 Å². The van der Waals surface area contributed by atoms with E-state index >= 15 is 0 Å². The van der Waals surface area contributed by atoms with Crippen LogP contribution in [0, 0.1) is 0 Å². The smallest absolute Gasteiger partial charge is 0.0679 e. The van der Waals surface area contributed by atoms with E-state index in [4.69, 9.17) is 0 Å². The highest BCUT2D eigenvalue weighted by Gasteiger charge is 2.22. The standard InChI is InChI=1S/C13H26O/c1-5-8-9-10-12(4)11-13(14,6-2)7-3/h14H,4-11H2,1-3H3. The molecular weight excluding hydrogens is 172 g/mol. The first kappa shape index (κ1) is 13.7. The summed E-state index contributed by atoms with van der Waals surface area (Å²) < 4.78 is 0. The van der Waals surface area contributed by atoms with Crippen molar-refractivity contribution in [3.63, 3.8) is 0 Å². The first-order chi connectivity index (χ1) is 6.58. The van der Waals surface area contributed by atoms with E-state index in [1.165, 1.54) is 24.8 Å². The molecule has 84 valence electrons. The Balaban J connectivity index is 3.80. The number of hydrogen-bond acceptors (Lipinski definition) is 1. The lowest BCUT2D eigenvalue weighted by Gasteiger charge is -2.26. The van der Waals surface area contributed by atoms with Gasteiger partial charge in [0.2, 0.25) is 0 Å². The molecule has 0 aliphatic rings. The second-order valence-electron chi connectivity index (χ2n) is 4.32. The Morgan fingerprint density at radius 1 is 1.14 bits per heavy atom. The highest BCUT2D eigenvalue weighted by Crippen LogP contribution is 2.25. The first-order valence-electron chi connectivity index (χ1n) is 5.97. The van der Waals surface area contributed by atoms with Crippen LogP contribution >= 0.6 is 0 Å². The van der Waals surface area contributed by atoms with E-state index in [0.29, 0.717) is 0 Å². The van der Waals surface area contributed by atoms with Gasteiger partial charge in [0.1, 0.15) is 0 Å². The minimum atomic E-state index is -0.497. The Morgan fingerprint density at radius 2 is 1.71 bits per heavy atom. The number of unbranched alkanes of at least 4 members (excludes halogenated alkanes) is 2. The predicted octanol–water partition coefficient (Wildman–Crippen LogP) is 4.06. The molecule has 0 fully saturated rings. The van der Waals surface area contributed by atoms with E-state index in [1.807, 2.05) is 13.8 Å². The van der Waals surface area contributed by atoms with Gasteiger partial charge < -0.3 is 5.11 Å². The number of hydrogen-bond donors (Lipinski definition) is 1. The molecule has 0 aromatic rings. The van der Waals surface area contributed by atoms with Gasteiger partial charge in [-0.2, -0.15) is 0 Å². The molecule has 0 aromatic heterocycles. The normalized spacial score (nSPS) is 11.7. The largest absolute Gasteiger partial charge is 0.390 e. The predicted molar refractivity (Wildman–Crippen MR) is 63.4 cm³/mol. The van der Waals surface area contributed by atoms with Crippen LogP contribution in [-0.2, 0) is 0 Å². The SMILES string of the molecule is C=C(CCCCC)CC(O)(CC)CC. The van der Waals surface area contributed by atoms with Gasteiger partial charge in [-0.15, -0.1) is 0 Å². The zero-order valence-electron chi connectivity index (χ0n) is 10.1. The fourth-order valence-electron chi connectivity index (χ4n) is 1.68. The molecule has 0 amide bonds. The van der Waals surface area contributed by atoms with Crippen molar-refractivity contribution in [2.75, 3.05) is 0 Å². The lowest BCUT2D eigenvalue weighted by atomic mass is 9.88. The second kappa shape index (κ2) is 7.05. The second-order valence-corrected chi connectivity index (χ2v) is 4.32. The number of aliphatic hydroxyl groups is 1. The summed E-state index contributed by atoms with van der Waals surface area (Å²) in [4.78, 5) is 0. The monoisotopic (exact) mass is 198 g/mol. The molecule has 0 saturated carbocycles. The van der Waals surface area contributed by atoms with Crippen molar-refractivity contribution in [3.8, 4) is 0 Å². The molecule has 14 heavy (non-hydrogen) atoms. The van der Waals surface area contributed by atoms with Gasteiger partial charge in [-0.1, -0.05) is 45.8 Å². The van der Waals surface area contributed by atoms with Crippen molar-refractivity contribution < 1.29 is 5.11 Å². The molecule has 0 unspecified atom stereocenters. The average Bonchev–Trinajstić information content (AvgIpc) is 2.18. The van der Waals surface area contributed by atoms with Crippen LogP contribution in [0.25, 0.3) is 0 Å². The Morgan fingerprint density at radius 3 is 2.14 bits per heavy atom. The quantitative estimate of drug-likeness (QED) is 0.460. The molecule has 0 bridgehead atoms. The van der Waals surface area contributed by atoms with E-state index in [0.717, 1.165) is 25.7 Å². The third-order valence-electron chi connectivity index (χ3n) is 3.03. The van der Waals surface area contributed by atoms with Crippen molar-refractivity contribution in [1.29, 1.82) is 0 Å². The molecule has 1 N–H and O–H groups in total. The third-order valence-corrected chi connectivity index (χ3v) is 3.03. The maximum absolute atomic E-state index is 10.1. The molecule has 1 nitrogen and oxygen atoms in total. The molecule has 0 aromatic carbocycles. The highest BCUT2D eigenvalue weighted by molar-refractivity contribution is 5.00. The zero-order chi connectivity index (χ0) is 11.0. The van der Waals surface area contributed by atoms with Crippen molar-refractivity contribution in [1.82, 2.24) is 0 Å². The van der Waals surface area contributed by atoms with Crippen molar-refractivity contribution >= 4 is 0 Å². The van der Waals surface area contributed by atoms with Gasteiger partial charge in [-0.3, -0.25) is 0 Å². The summed E-state index contributed by atoms with van der Waals surface area (Å²) in [6, 6.07) is 0. The summed E-state index contributed by atoms with van der Waals surface area (Å²) in [6.07, 6.45) is 7.26. The van der Waals surface area contributed by atoms with Crippen LogP contribution in [0.15, 0.2) is 12.2 Å². The highest BCUT2D eigenvalue weighted by atomic mass is 16.3. The van der Waals surface area contributed by atoms with Gasteiger partial charge in [0.25, 0.3) is 0 Å². The summed E-state index contributed by atoms with van der Waals surface area (Å²) in [5.41, 5.74) is 0.716. The van der Waals surface area contributed by atoms with E-state index in [2.05, 4.69) is 13.5 Å². The van der Waals surface area contributed by atoms with Gasteiger partial charge in [-0.25, -0.2) is 0 Å². The topological polar surface area (TPSA) is 20.2 Å². The molecular formula is C13H26O. The Bertz CT molecular complexity index is 157. The molecule has 0 rings (SSSR count). The molecule has 1 heteroatoms. The lowest BCUT2D eigenvalue weighted by Crippen LogP contribution is -2.26. The minimum Gasteiger partial charge on any atom is -0.390 e. The van der Waals surface area contributed by atoms with Gasteiger partial charge >= 0.3 is 0 Å². The van der Waals surface area contributed by atoms with Crippen molar-refractivity contribution in [3.05, 3.63) is 12.2 Å². The van der Waals surface area contributed by atoms with Crippen LogP contribution in [0.2, 0.25) is 0 Å². The minimum absolute atomic E-state index is 0.497. The van der Waals surface area contributed by atoms with Gasteiger partial charge in [0, 0.05) is 0 Å². The first-order valence-corrected chi connectivity index (χ1v) is 5.97. The van der Waals surface area contributed by atoms with E-state index in [9.17, 15) is 5.11 Å². The number of rotatable bonds is 8. The molecule has 0 aliphatic heterocycles. The summed E-state index contributed by atoms with van der Waals surface area (Å²) in [6.45, 7) is 10.3. The average molecular weight is 198 g/mol. The summed E-state index contributed by atoms with van der Waals surface area (Å²) in [5.74, 6) is 0. The summed E-state index contributed by atoms with van der Waals surface area (Å²) in [5, 5.41) is 10.1. The molecule has 0 radical (unpaired) electrons. The fraction of sp³-hybridized carbons (Fsp3) is 0.846. The van der Waals surface area contributed by atoms with Crippen LogP contribution < -0.4 is 0 Å². The zero-order valence-corrected chi connectivity index (χ0v) is 10.1. The van der Waals surface area contributed by atoms with Gasteiger partial charge in [0.15, 0.2) is 0 Å². The van der Waals surface area contributed by atoms with Crippen LogP contribution in [0.5, 0.6) is 0 Å². The maximum Gasteiger partial charge on any atom is 0.0679 e. The third kappa shape index (κ3) is 5.43. The summed E-state index contributed by atoms with van der Waals surface area (Å²) >= 11 is 0. The Hall–Kier alpha value is -0.300. The van der Waals surface area contributed by atoms with Gasteiger partial charge in [-0.05, 0) is 32.1 Å². The lowest BCUT2D eigenvalue weighted by molar-refractivity contribution is 0.0320. The Kier molecular flexibility index (Phi) is 6.90. The Labute approximate surface area is 89.2 Å². The molecule has 0 heterocycles. The van der Waals surface area contributed by atoms with Crippen LogP contribution in [0.4, 0.5) is 0 Å². The van der Waals surface area contributed by atoms with E-state index in [1.54, 1.807) is 0 Å². The molecule has 0 atom stereocenters. The van der Waals surface area contributed by atoms with Crippen LogP contribution in [-0.4, -0.2) is 10.7 Å². The maximum atomic E-state index is 10.1. The fourth-order valence-corrected chi connectivity index (χ4v) is 1.68. The molecule has 0 saturated heterocycles. The van der Waals surface area contributed by atoms with Crippen molar-refractivity contribution in [2.24, 2.45) is 0 Å². The van der Waals surface area contributed by atoms with E-state index in [-0.39, 0.29) is 0 Å². The molecule has 0 aliphatic carbocycles. The van der Waals surface area contributed by atoms with Gasteiger partial charge in [0.05, 0.1) is 5.60 Å². The molecule has 0 spiro atoms. The van der Waals surface area contributed by atoms with Crippen LogP contribution in [0.3, 0.4) is 0 Å². The summed E-state index contributed by atoms with van der Waals surface area (Å²) in [7, 11) is 0.